The van der Waals surface area contributed by atoms with Crippen molar-refractivity contribution < 1.29 is 18.7 Å². The molecule has 2 rings (SSSR count). The van der Waals surface area contributed by atoms with Crippen LogP contribution in [0, 0.1) is 11.6 Å². The zero-order valence-electron chi connectivity index (χ0n) is 12.1. The fourth-order valence-electron chi connectivity index (χ4n) is 2.09. The molecule has 0 radical (unpaired) electrons. The summed E-state index contributed by atoms with van der Waals surface area (Å²) in [5.74, 6) is -1.53. The van der Waals surface area contributed by atoms with Crippen LogP contribution in [0.4, 0.5) is 8.78 Å². The molecule has 0 aromatic heterocycles. The van der Waals surface area contributed by atoms with Crippen molar-refractivity contribution in [2.45, 2.75) is 19.4 Å². The summed E-state index contributed by atoms with van der Waals surface area (Å²) in [7, 11) is 0. The maximum Gasteiger partial charge on any atom is 0.254 e. The van der Waals surface area contributed by atoms with Crippen LogP contribution in [-0.4, -0.2) is 23.7 Å². The van der Waals surface area contributed by atoms with E-state index in [1.54, 1.807) is 25.1 Å². The molecule has 1 atom stereocenters. The molecule has 0 saturated heterocycles. The van der Waals surface area contributed by atoms with Crippen molar-refractivity contribution in [3.8, 4) is 11.1 Å². The van der Waals surface area contributed by atoms with Crippen molar-refractivity contribution in [2.75, 3.05) is 6.61 Å². The largest absolute Gasteiger partial charge is 0.396 e. The second-order valence-electron chi connectivity index (χ2n) is 5.09. The number of carbonyl (C=O) groups is 1. The van der Waals surface area contributed by atoms with Gasteiger partial charge in [-0.3, -0.25) is 4.79 Å². The van der Waals surface area contributed by atoms with Crippen molar-refractivity contribution in [3.63, 3.8) is 0 Å². The Labute approximate surface area is 127 Å². The van der Waals surface area contributed by atoms with Gasteiger partial charge in [0, 0.05) is 12.6 Å². The van der Waals surface area contributed by atoms with E-state index in [1.807, 2.05) is 0 Å². The van der Waals surface area contributed by atoms with Gasteiger partial charge in [-0.25, -0.2) is 8.78 Å². The first-order valence-electron chi connectivity index (χ1n) is 6.98. The second-order valence-corrected chi connectivity index (χ2v) is 5.09. The lowest BCUT2D eigenvalue weighted by atomic mass is 10.0. The van der Waals surface area contributed by atoms with Crippen LogP contribution in [-0.2, 0) is 0 Å². The van der Waals surface area contributed by atoms with E-state index in [0.29, 0.717) is 17.5 Å². The highest BCUT2D eigenvalue weighted by Gasteiger charge is 2.14. The lowest BCUT2D eigenvalue weighted by Gasteiger charge is -2.13. The molecule has 3 nitrogen and oxygen atoms in total. The lowest BCUT2D eigenvalue weighted by molar-refractivity contribution is 0.0930. The molecule has 0 bridgehead atoms. The molecule has 2 aromatic rings. The summed E-state index contributed by atoms with van der Waals surface area (Å²) in [5, 5.41) is 11.4. The Morgan fingerprint density at radius 1 is 1.14 bits per heavy atom. The van der Waals surface area contributed by atoms with Gasteiger partial charge in [0.1, 0.15) is 11.6 Å². The van der Waals surface area contributed by atoms with Gasteiger partial charge in [0.25, 0.3) is 5.91 Å². The number of aliphatic hydroxyl groups is 1. The van der Waals surface area contributed by atoms with Crippen LogP contribution in [0.5, 0.6) is 0 Å². The number of hydrogen-bond acceptors (Lipinski definition) is 2. The zero-order chi connectivity index (χ0) is 16.1. The summed E-state index contributed by atoms with van der Waals surface area (Å²) in [6, 6.07) is 9.71. The van der Waals surface area contributed by atoms with Crippen LogP contribution >= 0.6 is 0 Å². The average Bonchev–Trinajstić information content (AvgIpc) is 2.47. The quantitative estimate of drug-likeness (QED) is 0.891. The topological polar surface area (TPSA) is 49.3 Å². The number of nitrogens with one attached hydrogen (secondary N) is 1. The van der Waals surface area contributed by atoms with E-state index in [-0.39, 0.29) is 24.0 Å². The molecule has 0 aliphatic carbocycles. The van der Waals surface area contributed by atoms with Crippen LogP contribution in [0.1, 0.15) is 23.7 Å². The van der Waals surface area contributed by atoms with Gasteiger partial charge >= 0.3 is 0 Å². The SMILES string of the molecule is CC(CCO)NC(=O)c1ccc(-c2ccc(F)cc2)cc1F. The van der Waals surface area contributed by atoms with Crippen molar-refractivity contribution in [1.82, 2.24) is 5.32 Å². The summed E-state index contributed by atoms with van der Waals surface area (Å²) in [4.78, 5) is 12.0. The van der Waals surface area contributed by atoms with Gasteiger partial charge in [-0.1, -0.05) is 18.2 Å². The molecule has 22 heavy (non-hydrogen) atoms. The maximum atomic E-state index is 14.1. The van der Waals surface area contributed by atoms with Gasteiger partial charge in [0.2, 0.25) is 0 Å². The highest BCUT2D eigenvalue weighted by molar-refractivity contribution is 5.95. The molecular weight excluding hydrogens is 288 g/mol. The monoisotopic (exact) mass is 305 g/mol. The van der Waals surface area contributed by atoms with E-state index in [4.69, 9.17) is 5.11 Å². The molecular formula is C17H17F2NO2. The third-order valence-electron chi connectivity index (χ3n) is 3.33. The third-order valence-corrected chi connectivity index (χ3v) is 3.33. The van der Waals surface area contributed by atoms with E-state index in [2.05, 4.69) is 5.32 Å². The average molecular weight is 305 g/mol. The number of aliphatic hydroxyl groups excluding tert-OH is 1. The predicted octanol–water partition coefficient (Wildman–Crippen LogP) is 3.13. The summed E-state index contributed by atoms with van der Waals surface area (Å²) < 4.78 is 27.0. The van der Waals surface area contributed by atoms with E-state index < -0.39 is 11.7 Å². The molecule has 1 amide bonds. The van der Waals surface area contributed by atoms with E-state index in [0.717, 1.165) is 0 Å². The van der Waals surface area contributed by atoms with Gasteiger partial charge in [-0.15, -0.1) is 0 Å². The molecule has 0 spiro atoms. The van der Waals surface area contributed by atoms with Gasteiger partial charge in [-0.05, 0) is 48.7 Å². The van der Waals surface area contributed by atoms with Gasteiger partial charge < -0.3 is 10.4 Å². The van der Waals surface area contributed by atoms with Crippen LogP contribution in [0.25, 0.3) is 11.1 Å². The second kappa shape index (κ2) is 7.13. The number of benzene rings is 2. The van der Waals surface area contributed by atoms with Crippen LogP contribution in [0.2, 0.25) is 0 Å². The van der Waals surface area contributed by atoms with Gasteiger partial charge in [-0.2, -0.15) is 0 Å². The smallest absolute Gasteiger partial charge is 0.254 e. The predicted molar refractivity (Wildman–Crippen MR) is 80.4 cm³/mol. The Kier molecular flexibility index (Phi) is 5.22. The maximum absolute atomic E-state index is 14.1. The Balaban J connectivity index is 2.19. The Hall–Kier alpha value is -2.27. The van der Waals surface area contributed by atoms with E-state index in [1.165, 1.54) is 24.3 Å². The minimum atomic E-state index is -0.643. The summed E-state index contributed by atoms with van der Waals surface area (Å²) in [6.45, 7) is 1.69. The van der Waals surface area contributed by atoms with E-state index >= 15 is 0 Å². The normalized spacial score (nSPS) is 12.0. The first-order valence-corrected chi connectivity index (χ1v) is 6.98. The Bertz CT molecular complexity index is 656. The lowest BCUT2D eigenvalue weighted by Crippen LogP contribution is -2.33. The molecule has 0 aliphatic heterocycles. The highest BCUT2D eigenvalue weighted by Crippen LogP contribution is 2.22. The van der Waals surface area contributed by atoms with Crippen molar-refractivity contribution in [1.29, 1.82) is 0 Å². The molecule has 116 valence electrons. The minimum Gasteiger partial charge on any atom is -0.396 e. The van der Waals surface area contributed by atoms with E-state index in [9.17, 15) is 13.6 Å². The number of carbonyl (C=O) groups excluding carboxylic acids is 1. The molecule has 2 N–H and O–H groups in total. The number of amides is 1. The van der Waals surface area contributed by atoms with Crippen molar-refractivity contribution in [3.05, 3.63) is 59.7 Å². The standard InChI is InChI=1S/C17H17F2NO2/c1-11(8-9-21)20-17(22)15-7-4-13(10-16(15)19)12-2-5-14(18)6-3-12/h2-7,10-11,21H,8-9H2,1H3,(H,20,22). The fourth-order valence-corrected chi connectivity index (χ4v) is 2.09. The molecule has 5 heteroatoms. The van der Waals surface area contributed by atoms with Gasteiger partial charge in [0.15, 0.2) is 0 Å². The summed E-state index contributed by atoms with van der Waals surface area (Å²) >= 11 is 0. The molecule has 0 fully saturated rings. The molecule has 0 aliphatic rings. The van der Waals surface area contributed by atoms with Crippen LogP contribution in [0.3, 0.4) is 0 Å². The molecule has 2 aromatic carbocycles. The first kappa shape index (κ1) is 16.1. The summed E-state index contributed by atoms with van der Waals surface area (Å²) in [5.41, 5.74) is 1.18. The fraction of sp³-hybridized carbons (Fsp3) is 0.235. The first-order chi connectivity index (χ1) is 10.5. The number of hydrogen-bond donors (Lipinski definition) is 2. The van der Waals surface area contributed by atoms with Crippen molar-refractivity contribution >= 4 is 5.91 Å². The number of halogens is 2. The Morgan fingerprint density at radius 2 is 1.77 bits per heavy atom. The van der Waals surface area contributed by atoms with Crippen LogP contribution < -0.4 is 5.32 Å². The molecule has 1 unspecified atom stereocenters. The van der Waals surface area contributed by atoms with Crippen LogP contribution in [0.15, 0.2) is 42.5 Å². The van der Waals surface area contributed by atoms with Crippen molar-refractivity contribution in [2.24, 2.45) is 0 Å². The molecule has 0 saturated carbocycles. The Morgan fingerprint density at radius 3 is 2.36 bits per heavy atom. The van der Waals surface area contributed by atoms with Gasteiger partial charge in [0.05, 0.1) is 5.56 Å². The highest BCUT2D eigenvalue weighted by atomic mass is 19.1. The third kappa shape index (κ3) is 3.89. The zero-order valence-corrected chi connectivity index (χ0v) is 12.1. The minimum absolute atomic E-state index is 0.0482. The summed E-state index contributed by atoms with van der Waals surface area (Å²) in [6.07, 6.45) is 0.404. The number of rotatable bonds is 5. The molecule has 0 heterocycles.